The minimum absolute atomic E-state index is 0.0263. The molecular formula is C18H22N2O. The van der Waals surface area contributed by atoms with Gasteiger partial charge in [0, 0.05) is 11.7 Å². The molecule has 2 aromatic carbocycles. The van der Waals surface area contributed by atoms with Crippen molar-refractivity contribution in [2.45, 2.75) is 32.9 Å². The number of aryl methyl sites for hydroxylation is 1. The van der Waals surface area contributed by atoms with Crippen LogP contribution < -0.4 is 10.6 Å². The Hall–Kier alpha value is -2.13. The van der Waals surface area contributed by atoms with Crippen LogP contribution in [0.5, 0.6) is 0 Å². The number of amides is 1. The molecular weight excluding hydrogens is 260 g/mol. The van der Waals surface area contributed by atoms with E-state index in [1.54, 1.807) is 0 Å². The molecule has 0 aliphatic heterocycles. The summed E-state index contributed by atoms with van der Waals surface area (Å²) in [4.78, 5) is 12.2. The Bertz CT molecular complexity index is 578. The van der Waals surface area contributed by atoms with E-state index in [1.807, 2.05) is 56.3 Å². The van der Waals surface area contributed by atoms with E-state index in [-0.39, 0.29) is 18.0 Å². The molecule has 0 fully saturated rings. The summed E-state index contributed by atoms with van der Waals surface area (Å²) >= 11 is 0. The van der Waals surface area contributed by atoms with Crippen molar-refractivity contribution in [3.05, 3.63) is 65.7 Å². The number of hydrogen-bond acceptors (Lipinski definition) is 2. The van der Waals surface area contributed by atoms with Crippen LogP contribution in [0.2, 0.25) is 0 Å². The van der Waals surface area contributed by atoms with Crippen LogP contribution in [0, 0.1) is 6.92 Å². The van der Waals surface area contributed by atoms with E-state index in [4.69, 9.17) is 0 Å². The molecule has 1 amide bonds. The van der Waals surface area contributed by atoms with Crippen LogP contribution in [0.1, 0.15) is 31.0 Å². The fourth-order valence-electron chi connectivity index (χ4n) is 2.18. The lowest BCUT2D eigenvalue weighted by molar-refractivity contribution is -0.117. The normalized spacial score (nSPS) is 13.5. The molecule has 2 rings (SSSR count). The maximum Gasteiger partial charge on any atom is 0.241 e. The number of benzene rings is 2. The van der Waals surface area contributed by atoms with Crippen LogP contribution in [0.25, 0.3) is 0 Å². The third kappa shape index (κ3) is 4.43. The smallest absolute Gasteiger partial charge is 0.241 e. The maximum absolute atomic E-state index is 12.2. The zero-order chi connectivity index (χ0) is 15.2. The van der Waals surface area contributed by atoms with Gasteiger partial charge in [-0.1, -0.05) is 48.0 Å². The van der Waals surface area contributed by atoms with Crippen LogP contribution in [-0.2, 0) is 4.79 Å². The number of anilines is 1. The first-order valence-electron chi connectivity index (χ1n) is 7.25. The number of carbonyl (C=O) groups is 1. The van der Waals surface area contributed by atoms with E-state index in [1.165, 1.54) is 11.1 Å². The van der Waals surface area contributed by atoms with Gasteiger partial charge < -0.3 is 5.32 Å². The molecule has 110 valence electrons. The van der Waals surface area contributed by atoms with Crippen molar-refractivity contribution in [1.82, 2.24) is 5.32 Å². The molecule has 0 bridgehead atoms. The third-order valence-corrected chi connectivity index (χ3v) is 3.51. The lowest BCUT2D eigenvalue weighted by Crippen LogP contribution is -2.39. The van der Waals surface area contributed by atoms with E-state index in [2.05, 4.69) is 29.7 Å². The molecule has 0 spiro atoms. The van der Waals surface area contributed by atoms with Gasteiger partial charge >= 0.3 is 0 Å². The van der Waals surface area contributed by atoms with Gasteiger partial charge in [0.1, 0.15) is 0 Å². The molecule has 1 unspecified atom stereocenters. The largest absolute Gasteiger partial charge is 0.325 e. The summed E-state index contributed by atoms with van der Waals surface area (Å²) in [6, 6.07) is 17.8. The second-order valence-corrected chi connectivity index (χ2v) is 5.38. The van der Waals surface area contributed by atoms with Crippen LogP contribution in [0.3, 0.4) is 0 Å². The SMILES string of the molecule is Cc1ccc(NC(=O)C(C)N[C@@H](C)c2ccccc2)cc1. The minimum Gasteiger partial charge on any atom is -0.325 e. The van der Waals surface area contributed by atoms with Crippen molar-refractivity contribution in [1.29, 1.82) is 0 Å². The number of carbonyl (C=O) groups excluding carboxylic acids is 1. The van der Waals surface area contributed by atoms with E-state index in [0.29, 0.717) is 0 Å². The topological polar surface area (TPSA) is 41.1 Å². The van der Waals surface area contributed by atoms with Crippen molar-refractivity contribution in [2.75, 3.05) is 5.32 Å². The van der Waals surface area contributed by atoms with Gasteiger partial charge in [0.15, 0.2) is 0 Å². The first kappa shape index (κ1) is 15.3. The van der Waals surface area contributed by atoms with Crippen LogP contribution >= 0.6 is 0 Å². The molecule has 0 heterocycles. The Balaban J connectivity index is 1.92. The average Bonchev–Trinajstić information content (AvgIpc) is 2.50. The zero-order valence-electron chi connectivity index (χ0n) is 12.8. The maximum atomic E-state index is 12.2. The molecule has 2 aromatic rings. The highest BCUT2D eigenvalue weighted by Gasteiger charge is 2.16. The predicted octanol–water partition coefficient (Wildman–Crippen LogP) is 3.67. The van der Waals surface area contributed by atoms with Crippen molar-refractivity contribution >= 4 is 11.6 Å². The lowest BCUT2D eigenvalue weighted by Gasteiger charge is -2.20. The van der Waals surface area contributed by atoms with Crippen molar-refractivity contribution in [3.63, 3.8) is 0 Å². The van der Waals surface area contributed by atoms with Gasteiger partial charge in [0.2, 0.25) is 5.91 Å². The molecule has 0 aliphatic rings. The first-order chi connectivity index (χ1) is 10.1. The van der Waals surface area contributed by atoms with Crippen LogP contribution in [0.15, 0.2) is 54.6 Å². The Morgan fingerprint density at radius 1 is 0.952 bits per heavy atom. The molecule has 21 heavy (non-hydrogen) atoms. The summed E-state index contributed by atoms with van der Waals surface area (Å²) in [5.41, 5.74) is 3.18. The molecule has 2 N–H and O–H groups in total. The Morgan fingerprint density at radius 2 is 1.57 bits per heavy atom. The monoisotopic (exact) mass is 282 g/mol. The second-order valence-electron chi connectivity index (χ2n) is 5.38. The van der Waals surface area contributed by atoms with E-state index in [0.717, 1.165) is 5.69 Å². The average molecular weight is 282 g/mol. The quantitative estimate of drug-likeness (QED) is 0.878. The molecule has 0 aliphatic carbocycles. The van der Waals surface area contributed by atoms with Gasteiger partial charge in [-0.15, -0.1) is 0 Å². The van der Waals surface area contributed by atoms with Gasteiger partial charge in [0.05, 0.1) is 6.04 Å². The highest BCUT2D eigenvalue weighted by Crippen LogP contribution is 2.13. The molecule has 3 nitrogen and oxygen atoms in total. The summed E-state index contributed by atoms with van der Waals surface area (Å²) in [6.07, 6.45) is 0. The highest BCUT2D eigenvalue weighted by molar-refractivity contribution is 5.94. The van der Waals surface area contributed by atoms with Crippen molar-refractivity contribution in [3.8, 4) is 0 Å². The summed E-state index contributed by atoms with van der Waals surface area (Å²) in [7, 11) is 0. The minimum atomic E-state index is -0.262. The Labute approximate surface area is 126 Å². The van der Waals surface area contributed by atoms with E-state index >= 15 is 0 Å². The van der Waals surface area contributed by atoms with Crippen LogP contribution in [0.4, 0.5) is 5.69 Å². The first-order valence-corrected chi connectivity index (χ1v) is 7.25. The highest BCUT2D eigenvalue weighted by atomic mass is 16.2. The van der Waals surface area contributed by atoms with E-state index in [9.17, 15) is 4.79 Å². The predicted molar refractivity (Wildman–Crippen MR) is 87.3 cm³/mol. The molecule has 0 aromatic heterocycles. The molecule has 0 saturated carbocycles. The van der Waals surface area contributed by atoms with Gasteiger partial charge in [0.25, 0.3) is 0 Å². The zero-order valence-corrected chi connectivity index (χ0v) is 12.8. The second kappa shape index (κ2) is 7.04. The fraction of sp³-hybridized carbons (Fsp3) is 0.278. The molecule has 2 atom stereocenters. The number of nitrogens with one attached hydrogen (secondary N) is 2. The van der Waals surface area contributed by atoms with Gasteiger partial charge in [-0.25, -0.2) is 0 Å². The van der Waals surface area contributed by atoms with E-state index < -0.39 is 0 Å². The van der Waals surface area contributed by atoms with Crippen molar-refractivity contribution in [2.24, 2.45) is 0 Å². The summed E-state index contributed by atoms with van der Waals surface area (Å²) in [5, 5.41) is 6.24. The fourth-order valence-corrected chi connectivity index (χ4v) is 2.18. The summed E-state index contributed by atoms with van der Waals surface area (Å²) in [5.74, 6) is -0.0263. The Morgan fingerprint density at radius 3 is 2.19 bits per heavy atom. The Kier molecular flexibility index (Phi) is 5.12. The third-order valence-electron chi connectivity index (χ3n) is 3.51. The van der Waals surface area contributed by atoms with Gasteiger partial charge in [-0.2, -0.15) is 0 Å². The molecule has 0 radical (unpaired) electrons. The summed E-state index contributed by atoms with van der Waals surface area (Å²) < 4.78 is 0. The van der Waals surface area contributed by atoms with Crippen LogP contribution in [-0.4, -0.2) is 11.9 Å². The standard InChI is InChI=1S/C18H22N2O/c1-13-9-11-17(12-10-13)20-18(21)15(3)19-14(2)16-7-5-4-6-8-16/h4-12,14-15,19H,1-3H3,(H,20,21)/t14-,15?/m0/s1. The number of rotatable bonds is 5. The summed E-state index contributed by atoms with van der Waals surface area (Å²) in [6.45, 7) is 5.96. The van der Waals surface area contributed by atoms with Gasteiger partial charge in [-0.05, 0) is 38.5 Å². The molecule has 0 saturated heterocycles. The van der Waals surface area contributed by atoms with Gasteiger partial charge in [-0.3, -0.25) is 10.1 Å². The van der Waals surface area contributed by atoms with Crippen molar-refractivity contribution < 1.29 is 4.79 Å². The lowest BCUT2D eigenvalue weighted by atomic mass is 10.1. The number of hydrogen-bond donors (Lipinski definition) is 2. The molecule has 3 heteroatoms.